The van der Waals surface area contributed by atoms with Crippen molar-refractivity contribution in [2.24, 2.45) is 0 Å². The summed E-state index contributed by atoms with van der Waals surface area (Å²) in [5.41, 5.74) is -6.53. The molecule has 0 saturated carbocycles. The summed E-state index contributed by atoms with van der Waals surface area (Å²) in [5.74, 6) is -2.01. The first kappa shape index (κ1) is 29.7. The van der Waals surface area contributed by atoms with Crippen molar-refractivity contribution in [2.45, 2.75) is 31.9 Å². The van der Waals surface area contributed by atoms with Gasteiger partial charge in [-0.3, -0.25) is 14.0 Å². The number of benzene rings is 2. The van der Waals surface area contributed by atoms with Crippen LogP contribution in [-0.2, 0) is 18.9 Å². The van der Waals surface area contributed by atoms with Crippen LogP contribution in [-0.4, -0.2) is 47.1 Å². The van der Waals surface area contributed by atoms with E-state index in [4.69, 9.17) is 4.74 Å². The van der Waals surface area contributed by atoms with Gasteiger partial charge in [-0.25, -0.2) is 14.0 Å². The number of nitrogens with zero attached hydrogens (tertiary/aromatic N) is 3. The molecule has 1 atom stereocenters. The number of alkyl halides is 6. The van der Waals surface area contributed by atoms with Crippen molar-refractivity contribution in [1.82, 2.24) is 14.5 Å². The van der Waals surface area contributed by atoms with Crippen LogP contribution in [0.5, 0.6) is 5.75 Å². The normalized spacial score (nSPS) is 12.9. The minimum absolute atomic E-state index is 0.00184. The second kappa shape index (κ2) is 11.1. The molecule has 0 saturated heterocycles. The Morgan fingerprint density at radius 2 is 1.67 bits per heavy atom. The molecule has 0 radical (unpaired) electrons. The predicted octanol–water partition coefficient (Wildman–Crippen LogP) is 4.34. The molecule has 0 aliphatic heterocycles. The highest BCUT2D eigenvalue weighted by Gasteiger charge is 2.43. The molecule has 3 aromatic rings. The first-order valence-electron chi connectivity index (χ1n) is 11.2. The van der Waals surface area contributed by atoms with Gasteiger partial charge in [0.15, 0.2) is 5.75 Å². The Morgan fingerprint density at radius 1 is 1.08 bits per heavy atom. The van der Waals surface area contributed by atoms with Gasteiger partial charge in [0, 0.05) is 31.7 Å². The number of likely N-dealkylation sites (N-methyl/N-ethyl adjacent to an activating group) is 1. The minimum Gasteiger partial charge on any atom is -0.407 e. The average Bonchev–Trinajstić information content (AvgIpc) is 3.17. The number of hydrogen-bond acceptors (Lipinski definition) is 5. The SMILES string of the molecule is CNCC(O)Cn1ccn(-c2c(C)c(C(F)(F)F)cc(C(F)(F)F)c2OC(=O)N(C)c2ccc(F)cc2)c1=O. The Labute approximate surface area is 216 Å². The summed E-state index contributed by atoms with van der Waals surface area (Å²) >= 11 is 0. The Kier molecular flexibility index (Phi) is 8.45. The summed E-state index contributed by atoms with van der Waals surface area (Å²) < 4.78 is 103. The Bertz CT molecular complexity index is 1400. The standard InChI is InChI=1S/C24H23F7N4O4/c1-13-17(23(26,27)28)10-18(24(29,30)31)20(39-22(38)33(3)15-6-4-14(25)5-7-15)19(13)35-9-8-34(21(35)37)12-16(36)11-32-2/h4-10,16,32,36H,11-12H2,1-3H3. The van der Waals surface area contributed by atoms with Crippen molar-refractivity contribution in [1.29, 1.82) is 0 Å². The Balaban J connectivity index is 2.25. The monoisotopic (exact) mass is 564 g/mol. The Hall–Kier alpha value is -3.85. The van der Waals surface area contributed by atoms with E-state index in [9.17, 15) is 45.4 Å². The summed E-state index contributed by atoms with van der Waals surface area (Å²) in [7, 11) is 2.61. The number of rotatable bonds is 7. The van der Waals surface area contributed by atoms with E-state index in [0.717, 1.165) is 55.2 Å². The zero-order valence-corrected chi connectivity index (χ0v) is 20.7. The van der Waals surface area contributed by atoms with Crippen LogP contribution >= 0.6 is 0 Å². The van der Waals surface area contributed by atoms with Crippen LogP contribution < -0.4 is 20.6 Å². The van der Waals surface area contributed by atoms with Gasteiger partial charge in [-0.15, -0.1) is 0 Å². The van der Waals surface area contributed by atoms with Crippen molar-refractivity contribution in [3.63, 3.8) is 0 Å². The summed E-state index contributed by atoms with van der Waals surface area (Å²) in [5, 5.41) is 12.7. The summed E-state index contributed by atoms with van der Waals surface area (Å²) in [4.78, 5) is 26.6. The summed E-state index contributed by atoms with van der Waals surface area (Å²) in [6.07, 6.45) is -11.3. The molecule has 8 nitrogen and oxygen atoms in total. The van der Waals surface area contributed by atoms with E-state index in [1.165, 1.54) is 7.05 Å². The van der Waals surface area contributed by atoms with Gasteiger partial charge >= 0.3 is 24.1 Å². The van der Waals surface area contributed by atoms with Crippen LogP contribution in [0.2, 0.25) is 0 Å². The van der Waals surface area contributed by atoms with E-state index in [-0.39, 0.29) is 24.8 Å². The lowest BCUT2D eigenvalue weighted by atomic mass is 10.00. The van der Waals surface area contributed by atoms with Crippen LogP contribution in [0.4, 0.5) is 41.2 Å². The maximum atomic E-state index is 14.1. The van der Waals surface area contributed by atoms with E-state index in [1.807, 2.05) is 0 Å². The first-order valence-corrected chi connectivity index (χ1v) is 11.2. The molecular formula is C24H23F7N4O4. The molecule has 1 amide bonds. The highest BCUT2D eigenvalue weighted by atomic mass is 19.4. The molecule has 15 heteroatoms. The van der Waals surface area contributed by atoms with Crippen LogP contribution in [0.1, 0.15) is 16.7 Å². The van der Waals surface area contributed by atoms with Crippen molar-refractivity contribution >= 4 is 11.8 Å². The van der Waals surface area contributed by atoms with Crippen molar-refractivity contribution in [3.05, 3.63) is 75.7 Å². The number of aliphatic hydroxyl groups excluding tert-OH is 1. The number of aliphatic hydroxyl groups is 1. The molecule has 39 heavy (non-hydrogen) atoms. The third kappa shape index (κ3) is 6.42. The third-order valence-electron chi connectivity index (χ3n) is 5.73. The molecule has 2 N–H and O–H groups in total. The number of halogens is 7. The van der Waals surface area contributed by atoms with Crippen molar-refractivity contribution in [3.8, 4) is 11.4 Å². The highest BCUT2D eigenvalue weighted by Crippen LogP contribution is 2.46. The van der Waals surface area contributed by atoms with Gasteiger partial charge < -0.3 is 15.2 Å². The number of ether oxygens (including phenoxy) is 1. The van der Waals surface area contributed by atoms with Gasteiger partial charge in [-0.05, 0) is 49.9 Å². The van der Waals surface area contributed by atoms with Crippen LogP contribution in [0.15, 0.2) is 47.5 Å². The fraction of sp³-hybridized carbons (Fsp3) is 0.333. The fourth-order valence-electron chi connectivity index (χ4n) is 3.82. The molecule has 1 heterocycles. The molecule has 0 fully saturated rings. The van der Waals surface area contributed by atoms with E-state index in [2.05, 4.69) is 5.32 Å². The minimum atomic E-state index is -5.44. The number of anilines is 1. The lowest BCUT2D eigenvalue weighted by Crippen LogP contribution is -2.34. The number of aromatic nitrogens is 2. The molecule has 212 valence electrons. The zero-order chi connectivity index (χ0) is 29.3. The van der Waals surface area contributed by atoms with Crippen LogP contribution in [0, 0.1) is 12.7 Å². The number of nitrogens with one attached hydrogen (secondary N) is 1. The predicted molar refractivity (Wildman–Crippen MR) is 126 cm³/mol. The largest absolute Gasteiger partial charge is 0.420 e. The molecular weight excluding hydrogens is 541 g/mol. The van der Waals surface area contributed by atoms with Gasteiger partial charge in [0.05, 0.1) is 23.9 Å². The summed E-state index contributed by atoms with van der Waals surface area (Å²) in [6, 6.07) is 4.00. The highest BCUT2D eigenvalue weighted by molar-refractivity contribution is 5.89. The quantitative estimate of drug-likeness (QED) is 0.417. The van der Waals surface area contributed by atoms with E-state index >= 15 is 0 Å². The molecule has 3 rings (SSSR count). The molecule has 1 unspecified atom stereocenters. The van der Waals surface area contributed by atoms with Gasteiger partial charge in [0.25, 0.3) is 0 Å². The second-order valence-corrected chi connectivity index (χ2v) is 8.49. The number of carbonyl (C=O) groups is 1. The zero-order valence-electron chi connectivity index (χ0n) is 20.7. The van der Waals surface area contributed by atoms with Crippen LogP contribution in [0.25, 0.3) is 5.69 Å². The second-order valence-electron chi connectivity index (χ2n) is 8.49. The molecule has 0 spiro atoms. The maximum Gasteiger partial charge on any atom is 0.420 e. The molecule has 0 bridgehead atoms. The summed E-state index contributed by atoms with van der Waals surface area (Å²) in [6.45, 7) is 0.537. The third-order valence-corrected chi connectivity index (χ3v) is 5.73. The number of imidazole rings is 1. The smallest absolute Gasteiger partial charge is 0.407 e. The molecule has 1 aromatic heterocycles. The average molecular weight is 564 g/mol. The Morgan fingerprint density at radius 3 is 2.21 bits per heavy atom. The molecule has 0 aliphatic carbocycles. The van der Waals surface area contributed by atoms with E-state index in [1.54, 1.807) is 0 Å². The molecule has 0 aliphatic rings. The van der Waals surface area contributed by atoms with Crippen molar-refractivity contribution < 1.29 is 45.4 Å². The fourth-order valence-corrected chi connectivity index (χ4v) is 3.82. The topological polar surface area (TPSA) is 88.7 Å². The van der Waals surface area contributed by atoms with Gasteiger partial charge in [-0.1, -0.05) is 0 Å². The van der Waals surface area contributed by atoms with Gasteiger partial charge in [-0.2, -0.15) is 26.3 Å². The van der Waals surface area contributed by atoms with E-state index < -0.39 is 64.2 Å². The maximum absolute atomic E-state index is 14.1. The van der Waals surface area contributed by atoms with E-state index in [0.29, 0.717) is 9.47 Å². The number of carbonyl (C=O) groups excluding carboxylic acids is 1. The first-order chi connectivity index (χ1) is 18.1. The van der Waals surface area contributed by atoms with Gasteiger partial charge in [0.2, 0.25) is 0 Å². The lowest BCUT2D eigenvalue weighted by molar-refractivity contribution is -0.143. The number of hydrogen-bond donors (Lipinski definition) is 2. The van der Waals surface area contributed by atoms with Crippen molar-refractivity contribution in [2.75, 3.05) is 25.5 Å². The van der Waals surface area contributed by atoms with Crippen LogP contribution in [0.3, 0.4) is 0 Å². The van der Waals surface area contributed by atoms with Gasteiger partial charge in [0.1, 0.15) is 11.4 Å². The molecule has 2 aromatic carbocycles. The lowest BCUT2D eigenvalue weighted by Gasteiger charge is -2.24. The number of amides is 1.